The maximum Gasteiger partial charge on any atom is 0.417 e. The van der Waals surface area contributed by atoms with E-state index in [1.54, 1.807) is 36.4 Å². The summed E-state index contributed by atoms with van der Waals surface area (Å²) in [7, 11) is 0. The Morgan fingerprint density at radius 1 is 0.500 bits per heavy atom. The van der Waals surface area contributed by atoms with Gasteiger partial charge in [-0.3, -0.25) is 0 Å². The van der Waals surface area contributed by atoms with Gasteiger partial charge in [0.05, 0.1) is 68.0 Å². The Morgan fingerprint density at radius 3 is 1.57 bits per heavy atom. The Bertz CT molecular complexity index is 3060. The van der Waals surface area contributed by atoms with E-state index in [9.17, 15) is 19.3 Å². The molecule has 0 aliphatic carbocycles. The van der Waals surface area contributed by atoms with Crippen molar-refractivity contribution in [3.63, 3.8) is 0 Å². The summed E-state index contributed by atoms with van der Waals surface area (Å²) in [6, 6.07) is 29.5. The van der Waals surface area contributed by atoms with Crippen LogP contribution < -0.4 is 0 Å². The van der Waals surface area contributed by atoms with Crippen molar-refractivity contribution < 1.29 is 30.7 Å². The van der Waals surface area contributed by atoms with Gasteiger partial charge in [-0.05, 0) is 42.0 Å². The van der Waals surface area contributed by atoms with Crippen LogP contribution in [-0.2, 0) is 6.18 Å². The summed E-state index contributed by atoms with van der Waals surface area (Å²) in [5.74, 6) is -7.79. The van der Waals surface area contributed by atoms with Gasteiger partial charge in [-0.15, -0.1) is 0 Å². The van der Waals surface area contributed by atoms with Gasteiger partial charge in [0.25, 0.3) is 0 Å². The van der Waals surface area contributed by atoms with Crippen molar-refractivity contribution in [3.8, 4) is 63.1 Å². The first-order chi connectivity index (χ1) is 26.9. The summed E-state index contributed by atoms with van der Waals surface area (Å²) >= 11 is 0. The molecule has 2 aromatic heterocycles. The summed E-state index contributed by atoms with van der Waals surface area (Å²) in [6.45, 7) is 0. The van der Waals surface area contributed by atoms with Crippen LogP contribution in [0.5, 0.6) is 0 Å². The number of hydrogen-bond acceptors (Lipinski definition) is 6. The number of alkyl halides is 3. The van der Waals surface area contributed by atoms with Gasteiger partial charge in [-0.1, -0.05) is 66.7 Å². The SMILES string of the molecule is N#Cc1ccc(-c2nc3cc(C(F)(F)F)c4c(-c5ccccc5-c5c(F)c(F)c(C#N)c(F)c5F)nc5ccccc5c4c3nc2-c2ccc(C#N)cc2)cc1. The van der Waals surface area contributed by atoms with E-state index < -0.39 is 62.8 Å². The van der Waals surface area contributed by atoms with Crippen LogP contribution in [-0.4, -0.2) is 15.0 Å². The van der Waals surface area contributed by atoms with Gasteiger partial charge in [0.1, 0.15) is 11.6 Å². The summed E-state index contributed by atoms with van der Waals surface area (Å²) in [5, 5.41) is 27.5. The van der Waals surface area contributed by atoms with Crippen LogP contribution in [0.15, 0.2) is 103 Å². The molecule has 0 aliphatic rings. The third kappa shape index (κ3) is 5.60. The summed E-state index contributed by atoms with van der Waals surface area (Å²) in [4.78, 5) is 14.3. The normalized spacial score (nSPS) is 11.4. The van der Waals surface area contributed by atoms with E-state index >= 15 is 22.0 Å². The number of pyridine rings is 1. The molecule has 56 heavy (non-hydrogen) atoms. The number of rotatable bonds is 4. The number of para-hydroxylation sites is 1. The zero-order valence-electron chi connectivity index (χ0n) is 28.1. The molecule has 0 bridgehead atoms. The molecule has 0 N–H and O–H groups in total. The largest absolute Gasteiger partial charge is 0.417 e. The molecule has 0 aliphatic heterocycles. The van der Waals surface area contributed by atoms with Crippen molar-refractivity contribution in [2.24, 2.45) is 0 Å². The standard InChI is InChI=1S/C43H17F7N6/c44-35-28(20-53)36(45)38(47)33(37(35)46)25-5-1-2-6-26(25)41-34-29(43(48,49)50)17-31-42(32(34)27-7-3-4-8-30(27)54-41)56-40(24-15-11-22(19-52)12-16-24)39(55-31)23-13-9-21(18-51)10-14-23/h1-17H. The lowest BCUT2D eigenvalue weighted by Gasteiger charge is -2.20. The van der Waals surface area contributed by atoms with Crippen molar-refractivity contribution >= 4 is 32.7 Å². The first-order valence-corrected chi connectivity index (χ1v) is 16.5. The molecule has 0 amide bonds. The van der Waals surface area contributed by atoms with E-state index in [0.717, 1.165) is 18.2 Å². The van der Waals surface area contributed by atoms with E-state index in [-0.39, 0.29) is 44.3 Å². The van der Waals surface area contributed by atoms with Gasteiger partial charge in [0.2, 0.25) is 0 Å². The van der Waals surface area contributed by atoms with Crippen LogP contribution in [0, 0.1) is 57.3 Å². The second kappa shape index (κ2) is 13.3. The molecule has 268 valence electrons. The van der Waals surface area contributed by atoms with Crippen molar-refractivity contribution in [1.29, 1.82) is 15.8 Å². The quantitative estimate of drug-likeness (QED) is 0.101. The highest BCUT2D eigenvalue weighted by Gasteiger charge is 2.37. The second-order valence-corrected chi connectivity index (χ2v) is 12.5. The molecule has 0 saturated heterocycles. The van der Waals surface area contributed by atoms with E-state index in [1.807, 2.05) is 12.1 Å². The minimum Gasteiger partial charge on any atom is -0.247 e. The fraction of sp³-hybridized carbons (Fsp3) is 0.0233. The molecular formula is C43H17F7N6. The van der Waals surface area contributed by atoms with Crippen LogP contribution >= 0.6 is 0 Å². The summed E-state index contributed by atoms with van der Waals surface area (Å²) in [5.41, 5.74) is -3.45. The molecule has 0 unspecified atom stereocenters. The monoisotopic (exact) mass is 750 g/mol. The minimum absolute atomic E-state index is 0.0186. The zero-order chi connectivity index (χ0) is 39.5. The number of benzene rings is 6. The molecular weight excluding hydrogens is 734 g/mol. The molecule has 2 heterocycles. The average Bonchev–Trinajstić information content (AvgIpc) is 3.22. The molecule has 0 spiro atoms. The summed E-state index contributed by atoms with van der Waals surface area (Å²) < 4.78 is 107. The third-order valence-corrected chi connectivity index (χ3v) is 9.31. The molecule has 6 aromatic carbocycles. The van der Waals surface area contributed by atoms with Gasteiger partial charge in [-0.2, -0.15) is 29.0 Å². The first kappa shape index (κ1) is 35.3. The first-order valence-electron chi connectivity index (χ1n) is 16.5. The number of nitrogens with zero attached hydrogens (tertiary/aromatic N) is 6. The van der Waals surface area contributed by atoms with Gasteiger partial charge in [-0.25, -0.2) is 32.5 Å². The highest BCUT2D eigenvalue weighted by atomic mass is 19.4. The Hall–Kier alpha value is -7.69. The lowest BCUT2D eigenvalue weighted by Crippen LogP contribution is -2.09. The van der Waals surface area contributed by atoms with Gasteiger partial charge in [0.15, 0.2) is 23.3 Å². The van der Waals surface area contributed by atoms with Crippen LogP contribution in [0.2, 0.25) is 0 Å². The van der Waals surface area contributed by atoms with Crippen LogP contribution in [0.4, 0.5) is 30.7 Å². The molecule has 0 radical (unpaired) electrons. The lowest BCUT2D eigenvalue weighted by atomic mass is 9.89. The van der Waals surface area contributed by atoms with Crippen molar-refractivity contribution in [2.45, 2.75) is 6.18 Å². The number of halogens is 7. The van der Waals surface area contributed by atoms with Crippen LogP contribution in [0.1, 0.15) is 22.3 Å². The van der Waals surface area contributed by atoms with Crippen LogP contribution in [0.25, 0.3) is 77.6 Å². The van der Waals surface area contributed by atoms with E-state index in [4.69, 9.17) is 15.2 Å². The number of aromatic nitrogens is 3. The lowest BCUT2D eigenvalue weighted by molar-refractivity contribution is -0.136. The van der Waals surface area contributed by atoms with Crippen molar-refractivity contribution in [2.75, 3.05) is 0 Å². The Morgan fingerprint density at radius 2 is 1.02 bits per heavy atom. The maximum absolute atomic E-state index is 15.6. The summed E-state index contributed by atoms with van der Waals surface area (Å²) in [6.07, 6.45) is -5.09. The molecule has 0 atom stereocenters. The Labute approximate surface area is 311 Å². The maximum atomic E-state index is 15.6. The van der Waals surface area contributed by atoms with Gasteiger partial charge < -0.3 is 0 Å². The highest BCUT2D eigenvalue weighted by Crippen LogP contribution is 2.47. The third-order valence-electron chi connectivity index (χ3n) is 9.31. The predicted octanol–water partition coefficient (Wildman–Crippen LogP) is 11.2. The molecule has 0 fully saturated rings. The van der Waals surface area contributed by atoms with E-state index in [1.165, 1.54) is 54.6 Å². The smallest absolute Gasteiger partial charge is 0.247 e. The molecule has 6 nitrogen and oxygen atoms in total. The molecule has 8 rings (SSSR count). The number of nitriles is 3. The Balaban J connectivity index is 1.56. The van der Waals surface area contributed by atoms with Gasteiger partial charge in [0, 0.05) is 32.8 Å². The fourth-order valence-corrected chi connectivity index (χ4v) is 6.76. The van der Waals surface area contributed by atoms with Gasteiger partial charge >= 0.3 is 6.18 Å². The molecule has 13 heteroatoms. The predicted molar refractivity (Wildman–Crippen MR) is 193 cm³/mol. The second-order valence-electron chi connectivity index (χ2n) is 12.5. The highest BCUT2D eigenvalue weighted by molar-refractivity contribution is 6.23. The van der Waals surface area contributed by atoms with Crippen molar-refractivity contribution in [3.05, 3.63) is 149 Å². The van der Waals surface area contributed by atoms with Crippen LogP contribution in [0.3, 0.4) is 0 Å². The Kier molecular flexibility index (Phi) is 8.40. The zero-order valence-corrected chi connectivity index (χ0v) is 28.1. The fourth-order valence-electron chi connectivity index (χ4n) is 6.76. The number of fused-ring (bicyclic) bond motifs is 5. The molecule has 0 saturated carbocycles. The number of hydrogen-bond donors (Lipinski definition) is 0. The minimum atomic E-state index is -5.09. The average molecular weight is 751 g/mol. The van der Waals surface area contributed by atoms with Crippen molar-refractivity contribution in [1.82, 2.24) is 15.0 Å². The van der Waals surface area contributed by atoms with E-state index in [0.29, 0.717) is 22.3 Å². The van der Waals surface area contributed by atoms with E-state index in [2.05, 4.69) is 4.98 Å². The molecule has 8 aromatic rings. The topological polar surface area (TPSA) is 110 Å².